The van der Waals surface area contributed by atoms with Crippen molar-refractivity contribution in [1.29, 1.82) is 0 Å². The maximum atomic E-state index is 4.14. The van der Waals surface area contributed by atoms with Crippen molar-refractivity contribution >= 4 is 11.8 Å². The van der Waals surface area contributed by atoms with Crippen molar-refractivity contribution in [2.75, 3.05) is 12.3 Å². The Balaban J connectivity index is 2.31. The van der Waals surface area contributed by atoms with Gasteiger partial charge in [-0.15, -0.1) is 11.8 Å². The van der Waals surface area contributed by atoms with Crippen LogP contribution in [0, 0.1) is 0 Å². The zero-order valence-electron chi connectivity index (χ0n) is 9.16. The summed E-state index contributed by atoms with van der Waals surface area (Å²) in [6.45, 7) is 5.42. The van der Waals surface area contributed by atoms with Crippen LogP contribution in [0.25, 0.3) is 0 Å². The Morgan fingerprint density at radius 1 is 1.57 bits per heavy atom. The summed E-state index contributed by atoms with van der Waals surface area (Å²) in [4.78, 5) is 1.25. The number of nitrogens with one attached hydrogen (secondary N) is 1. The van der Waals surface area contributed by atoms with Crippen molar-refractivity contribution in [2.24, 2.45) is 7.05 Å². The van der Waals surface area contributed by atoms with E-state index in [0.717, 1.165) is 12.3 Å². The van der Waals surface area contributed by atoms with Gasteiger partial charge in [-0.3, -0.25) is 4.68 Å². The normalized spacial score (nSPS) is 13.1. The number of aryl methyl sites for hydroxylation is 1. The molecule has 1 heterocycles. The van der Waals surface area contributed by atoms with Crippen LogP contribution in [0.5, 0.6) is 0 Å². The lowest BCUT2D eigenvalue weighted by Gasteiger charge is -2.14. The van der Waals surface area contributed by atoms with Crippen LogP contribution < -0.4 is 5.32 Å². The van der Waals surface area contributed by atoms with Gasteiger partial charge in [-0.25, -0.2) is 0 Å². The van der Waals surface area contributed by atoms with Crippen LogP contribution >= 0.6 is 11.8 Å². The highest BCUT2D eigenvalue weighted by atomic mass is 32.2. The average Bonchev–Trinajstić information content (AvgIpc) is 2.59. The topological polar surface area (TPSA) is 29.9 Å². The van der Waals surface area contributed by atoms with Gasteiger partial charge in [0.15, 0.2) is 0 Å². The fourth-order valence-electron chi connectivity index (χ4n) is 1.28. The van der Waals surface area contributed by atoms with Crippen LogP contribution in [-0.2, 0) is 7.05 Å². The lowest BCUT2D eigenvalue weighted by Crippen LogP contribution is -2.30. The fraction of sp³-hybridized carbons (Fsp3) is 0.700. The Bertz CT molecular complexity index is 260. The van der Waals surface area contributed by atoms with E-state index in [9.17, 15) is 0 Å². The predicted octanol–water partition coefficient (Wildman–Crippen LogP) is 1.90. The highest BCUT2D eigenvalue weighted by molar-refractivity contribution is 7.99. The molecular formula is C10H19N3S. The molecular weight excluding hydrogens is 194 g/mol. The quantitative estimate of drug-likeness (QED) is 0.732. The molecule has 1 unspecified atom stereocenters. The minimum absolute atomic E-state index is 0.616. The highest BCUT2D eigenvalue weighted by Gasteiger charge is 2.05. The Labute approximate surface area is 90.3 Å². The minimum atomic E-state index is 0.616. The molecule has 14 heavy (non-hydrogen) atoms. The zero-order valence-corrected chi connectivity index (χ0v) is 9.97. The second kappa shape index (κ2) is 6.09. The van der Waals surface area contributed by atoms with E-state index in [1.807, 2.05) is 29.7 Å². The average molecular weight is 213 g/mol. The van der Waals surface area contributed by atoms with E-state index in [4.69, 9.17) is 0 Å². The standard InChI is InChI=1S/C10H19N3S/c1-4-9(11-5-2)8-14-10-6-12-13(3)7-10/h6-7,9,11H,4-5,8H2,1-3H3. The molecule has 0 amide bonds. The second-order valence-corrected chi connectivity index (χ2v) is 4.42. The van der Waals surface area contributed by atoms with E-state index >= 15 is 0 Å². The monoisotopic (exact) mass is 213 g/mol. The van der Waals surface area contributed by atoms with Crippen LogP contribution in [0.2, 0.25) is 0 Å². The molecule has 1 aromatic rings. The number of thioether (sulfide) groups is 1. The van der Waals surface area contributed by atoms with Crippen LogP contribution in [0.3, 0.4) is 0 Å². The van der Waals surface area contributed by atoms with Crippen molar-refractivity contribution in [3.8, 4) is 0 Å². The molecule has 4 heteroatoms. The Morgan fingerprint density at radius 2 is 2.36 bits per heavy atom. The van der Waals surface area contributed by atoms with Crippen molar-refractivity contribution in [3.63, 3.8) is 0 Å². The summed E-state index contributed by atoms with van der Waals surface area (Å²) in [5, 5.41) is 7.60. The second-order valence-electron chi connectivity index (χ2n) is 3.32. The van der Waals surface area contributed by atoms with Gasteiger partial charge < -0.3 is 5.32 Å². The zero-order chi connectivity index (χ0) is 10.4. The van der Waals surface area contributed by atoms with Crippen LogP contribution in [0.4, 0.5) is 0 Å². The van der Waals surface area contributed by atoms with Crippen molar-refractivity contribution in [3.05, 3.63) is 12.4 Å². The maximum absolute atomic E-state index is 4.14. The lowest BCUT2D eigenvalue weighted by atomic mass is 10.2. The predicted molar refractivity (Wildman–Crippen MR) is 61.7 cm³/mol. The summed E-state index contributed by atoms with van der Waals surface area (Å²) in [5.41, 5.74) is 0. The third-order valence-corrected chi connectivity index (χ3v) is 3.23. The number of hydrogen-bond donors (Lipinski definition) is 1. The molecule has 1 rings (SSSR count). The molecule has 0 aliphatic rings. The van der Waals surface area contributed by atoms with Gasteiger partial charge in [-0.05, 0) is 13.0 Å². The van der Waals surface area contributed by atoms with E-state index < -0.39 is 0 Å². The van der Waals surface area contributed by atoms with Gasteiger partial charge in [-0.1, -0.05) is 13.8 Å². The number of nitrogens with zero attached hydrogens (tertiary/aromatic N) is 2. The molecule has 0 radical (unpaired) electrons. The number of rotatable bonds is 6. The van der Waals surface area contributed by atoms with E-state index in [2.05, 4.69) is 30.5 Å². The van der Waals surface area contributed by atoms with E-state index in [1.54, 1.807) is 0 Å². The first-order chi connectivity index (χ1) is 6.76. The minimum Gasteiger partial charge on any atom is -0.313 e. The molecule has 0 spiro atoms. The SMILES string of the molecule is CCNC(CC)CSc1cnn(C)c1. The first-order valence-corrected chi connectivity index (χ1v) is 6.09. The first-order valence-electron chi connectivity index (χ1n) is 5.11. The molecule has 0 aliphatic carbocycles. The third kappa shape index (κ3) is 3.72. The summed E-state index contributed by atoms with van der Waals surface area (Å²) < 4.78 is 1.84. The van der Waals surface area contributed by atoms with Gasteiger partial charge in [0.1, 0.15) is 0 Å². The maximum Gasteiger partial charge on any atom is 0.0625 e. The Hall–Kier alpha value is -0.480. The third-order valence-electron chi connectivity index (χ3n) is 2.12. The molecule has 0 saturated heterocycles. The van der Waals surface area contributed by atoms with Crippen molar-refractivity contribution in [1.82, 2.24) is 15.1 Å². The molecule has 0 aromatic carbocycles. The molecule has 3 nitrogen and oxygen atoms in total. The van der Waals surface area contributed by atoms with Gasteiger partial charge in [-0.2, -0.15) is 5.10 Å². The fourth-order valence-corrected chi connectivity index (χ4v) is 2.38. The lowest BCUT2D eigenvalue weighted by molar-refractivity contribution is 0.560. The van der Waals surface area contributed by atoms with E-state index in [1.165, 1.54) is 11.3 Å². The van der Waals surface area contributed by atoms with Gasteiger partial charge in [0.2, 0.25) is 0 Å². The summed E-state index contributed by atoms with van der Waals surface area (Å²) in [7, 11) is 1.95. The van der Waals surface area contributed by atoms with Gasteiger partial charge in [0, 0.05) is 29.9 Å². The van der Waals surface area contributed by atoms with Crippen molar-refractivity contribution < 1.29 is 0 Å². The van der Waals surface area contributed by atoms with Crippen LogP contribution in [-0.4, -0.2) is 28.1 Å². The summed E-state index contributed by atoms with van der Waals surface area (Å²) in [6, 6.07) is 0.616. The Kier molecular flexibility index (Phi) is 5.04. The molecule has 0 fully saturated rings. The summed E-state index contributed by atoms with van der Waals surface area (Å²) in [6.07, 6.45) is 5.16. The van der Waals surface area contributed by atoms with Crippen LogP contribution in [0.15, 0.2) is 17.3 Å². The molecule has 0 saturated carbocycles. The Morgan fingerprint density at radius 3 is 2.86 bits per heavy atom. The number of aromatic nitrogens is 2. The molecule has 0 aliphatic heterocycles. The van der Waals surface area contributed by atoms with Gasteiger partial charge in [0.05, 0.1) is 6.20 Å². The number of hydrogen-bond acceptors (Lipinski definition) is 3. The molecule has 0 bridgehead atoms. The van der Waals surface area contributed by atoms with Crippen molar-refractivity contribution in [2.45, 2.75) is 31.2 Å². The van der Waals surface area contributed by atoms with Gasteiger partial charge in [0.25, 0.3) is 0 Å². The van der Waals surface area contributed by atoms with E-state index in [0.29, 0.717) is 6.04 Å². The van der Waals surface area contributed by atoms with Gasteiger partial charge >= 0.3 is 0 Å². The summed E-state index contributed by atoms with van der Waals surface area (Å²) in [5.74, 6) is 1.12. The first kappa shape index (κ1) is 11.6. The molecule has 1 N–H and O–H groups in total. The molecule has 80 valence electrons. The molecule has 1 aromatic heterocycles. The molecule has 1 atom stereocenters. The van der Waals surface area contributed by atoms with Crippen LogP contribution in [0.1, 0.15) is 20.3 Å². The highest BCUT2D eigenvalue weighted by Crippen LogP contribution is 2.17. The largest absolute Gasteiger partial charge is 0.313 e. The summed E-state index contributed by atoms with van der Waals surface area (Å²) >= 11 is 1.87. The van der Waals surface area contributed by atoms with E-state index in [-0.39, 0.29) is 0 Å². The smallest absolute Gasteiger partial charge is 0.0625 e.